The van der Waals surface area contributed by atoms with Gasteiger partial charge in [0.15, 0.2) is 0 Å². The molecule has 1 rings (SSSR count). The summed E-state index contributed by atoms with van der Waals surface area (Å²) in [5, 5.41) is 0. The van der Waals surface area contributed by atoms with Crippen molar-refractivity contribution >= 4 is 28.9 Å². The van der Waals surface area contributed by atoms with Gasteiger partial charge < -0.3 is 0 Å². The molecule has 1 nitrogen and oxygen atoms in total. The molecule has 0 unspecified atom stereocenters. The fourth-order valence-corrected chi connectivity index (χ4v) is 88.3. The molecule has 0 saturated heterocycles. The first-order valence-corrected chi connectivity index (χ1v) is 24.8. The Labute approximate surface area is 188 Å². The Bertz CT molecular complexity index is 570. The topological polar surface area (TPSA) is 12.4 Å². The van der Waals surface area contributed by atoms with E-state index < -0.39 is 28.9 Å². The molecular formula is C21H44NPSi3Ti. The van der Waals surface area contributed by atoms with E-state index in [9.17, 15) is 0 Å². The van der Waals surface area contributed by atoms with E-state index in [0.717, 1.165) is 12.8 Å². The van der Waals surface area contributed by atoms with Gasteiger partial charge in [-0.05, 0) is 19.4 Å². The van der Waals surface area contributed by atoms with E-state index in [2.05, 4.69) is 96.2 Å². The van der Waals surface area contributed by atoms with Crippen molar-refractivity contribution in [3.63, 3.8) is 0 Å². The molecule has 1 aliphatic rings. The van der Waals surface area contributed by atoms with Crippen LogP contribution in [0.5, 0.6) is 0 Å². The molecule has 0 amide bonds. The van der Waals surface area contributed by atoms with Crippen molar-refractivity contribution in [3.8, 4) is 0 Å². The molecule has 27 heavy (non-hydrogen) atoms. The van der Waals surface area contributed by atoms with Gasteiger partial charge in [-0.2, -0.15) is 0 Å². The maximum absolute atomic E-state index is 5.62. The van der Waals surface area contributed by atoms with E-state index in [1.54, 1.807) is 0 Å². The number of hydrogen-bond donors (Lipinski definition) is 0. The standard InChI is InChI=1S/C14H32NPSi3.C7H12.Ti/c1-17(2,3)16(18(4,5)6,19(7,8)9)15-14-12-10-11-13-14;1-3-5-7-6-4-2;/h10-12H,13H2,1-9H3;3,5-7H,4H2,1-2H3;. The second kappa shape index (κ2) is 12.3. The third kappa shape index (κ3) is 8.44. The SMILES string of the molecule is CC=CC=CCC.C[Si](C)(C)P(=NC1=CC=CC1)([Si](C)(C)C)[Si](C)(C)C.[Ti]. The molecule has 0 aromatic heterocycles. The van der Waals surface area contributed by atoms with Gasteiger partial charge in [-0.15, -0.1) is 0 Å². The zero-order chi connectivity index (χ0) is 20.6. The van der Waals surface area contributed by atoms with Crippen LogP contribution in [-0.4, -0.2) is 23.2 Å². The van der Waals surface area contributed by atoms with Crippen LogP contribution in [0, 0.1) is 0 Å². The van der Waals surface area contributed by atoms with Crippen molar-refractivity contribution in [3.05, 3.63) is 48.2 Å². The maximum Gasteiger partial charge on any atom is 0.0843 e. The number of nitrogens with zero attached hydrogens (tertiary/aromatic N) is 1. The Morgan fingerprint density at radius 3 is 1.70 bits per heavy atom. The van der Waals surface area contributed by atoms with Crippen molar-refractivity contribution < 1.29 is 21.7 Å². The Morgan fingerprint density at radius 1 is 0.926 bits per heavy atom. The molecule has 0 bridgehead atoms. The van der Waals surface area contributed by atoms with Gasteiger partial charge in [-0.3, -0.25) is 4.74 Å². The summed E-state index contributed by atoms with van der Waals surface area (Å²) in [6, 6.07) is 0. The summed E-state index contributed by atoms with van der Waals surface area (Å²) in [4.78, 5) is 0. The summed E-state index contributed by atoms with van der Waals surface area (Å²) in [6.45, 7) is 27.4. The molecule has 6 heteroatoms. The Hall–Kier alpha value is 0.555. The molecule has 0 aliphatic heterocycles. The minimum Gasteiger partial charge on any atom is -0.284 e. The number of hydrogen-bond acceptors (Lipinski definition) is 1. The van der Waals surface area contributed by atoms with Crippen LogP contribution in [0.25, 0.3) is 0 Å². The summed E-state index contributed by atoms with van der Waals surface area (Å²) in [5.41, 5.74) is 0.212. The second-order valence-corrected chi connectivity index (χ2v) is 46.3. The van der Waals surface area contributed by atoms with Crippen molar-refractivity contribution in [1.29, 1.82) is 0 Å². The maximum atomic E-state index is 5.62. The van der Waals surface area contributed by atoms with E-state index in [0.29, 0.717) is 0 Å². The first-order chi connectivity index (χ1) is 11.7. The summed E-state index contributed by atoms with van der Waals surface area (Å²) in [6.07, 6.45) is 17.1. The molecule has 0 aromatic rings. The van der Waals surface area contributed by atoms with Gasteiger partial charge in [0.2, 0.25) is 0 Å². The molecule has 0 N–H and O–H groups in total. The monoisotopic (exact) mass is 473 g/mol. The van der Waals surface area contributed by atoms with E-state index in [4.69, 9.17) is 4.74 Å². The van der Waals surface area contributed by atoms with E-state index in [1.807, 2.05) is 19.1 Å². The molecule has 0 fully saturated rings. The van der Waals surface area contributed by atoms with Gasteiger partial charge in [0.05, 0.1) is 23.2 Å². The van der Waals surface area contributed by atoms with Crippen molar-refractivity contribution in [2.75, 3.05) is 0 Å². The first-order valence-electron chi connectivity index (χ1n) is 10.0. The van der Waals surface area contributed by atoms with E-state index in [1.165, 1.54) is 5.70 Å². The molecule has 154 valence electrons. The summed E-state index contributed by atoms with van der Waals surface area (Å²) >= 11 is 0. The van der Waals surface area contributed by atoms with Gasteiger partial charge in [0.25, 0.3) is 0 Å². The van der Waals surface area contributed by atoms with Crippen LogP contribution in [0.15, 0.2) is 53.0 Å². The molecule has 0 saturated carbocycles. The van der Waals surface area contributed by atoms with Crippen molar-refractivity contribution in [2.45, 2.75) is 85.6 Å². The third-order valence-electron chi connectivity index (χ3n) is 4.62. The number of allylic oxidation sites excluding steroid dienone is 7. The zero-order valence-corrected chi connectivity index (χ0v) is 25.3. The molecule has 0 radical (unpaired) electrons. The second-order valence-electron chi connectivity index (χ2n) is 9.90. The van der Waals surface area contributed by atoms with Crippen LogP contribution in [0.2, 0.25) is 58.9 Å². The summed E-state index contributed by atoms with van der Waals surface area (Å²) in [5.74, 6) is 0. The third-order valence-corrected chi connectivity index (χ3v) is 65.6. The quantitative estimate of drug-likeness (QED) is 0.207. The minimum atomic E-state index is -1.28. The Kier molecular flexibility index (Phi) is 13.5. The molecule has 1 aliphatic carbocycles. The smallest absolute Gasteiger partial charge is 0.0843 e. The normalized spacial score (nSPS) is 15.4. The van der Waals surface area contributed by atoms with Gasteiger partial charge in [-0.25, -0.2) is 0 Å². The average molecular weight is 474 g/mol. The van der Waals surface area contributed by atoms with Crippen LogP contribution in [0.3, 0.4) is 0 Å². The largest absolute Gasteiger partial charge is 0.284 e. The Morgan fingerprint density at radius 2 is 1.41 bits per heavy atom. The Balaban J connectivity index is 0. The van der Waals surface area contributed by atoms with Crippen LogP contribution in [0.1, 0.15) is 26.7 Å². The van der Waals surface area contributed by atoms with Gasteiger partial charge in [0.1, 0.15) is 0 Å². The van der Waals surface area contributed by atoms with Gasteiger partial charge in [-0.1, -0.05) is 108 Å². The van der Waals surface area contributed by atoms with Gasteiger partial charge in [0, 0.05) is 33.8 Å². The summed E-state index contributed by atoms with van der Waals surface area (Å²) in [7, 11) is -3.83. The fourth-order valence-electron chi connectivity index (χ4n) is 4.50. The first kappa shape index (κ1) is 29.8. The average Bonchev–Trinajstić information content (AvgIpc) is 2.95. The van der Waals surface area contributed by atoms with Gasteiger partial charge >= 0.3 is 0 Å². The predicted octanol–water partition coefficient (Wildman–Crippen LogP) is 9.06. The van der Waals surface area contributed by atoms with Crippen LogP contribution < -0.4 is 0 Å². The van der Waals surface area contributed by atoms with E-state index in [-0.39, 0.29) is 21.7 Å². The van der Waals surface area contributed by atoms with Crippen LogP contribution >= 0.6 is 5.70 Å². The molecule has 0 heterocycles. The number of rotatable bonds is 6. The van der Waals surface area contributed by atoms with Crippen molar-refractivity contribution in [2.24, 2.45) is 4.74 Å². The van der Waals surface area contributed by atoms with Crippen LogP contribution in [0.4, 0.5) is 0 Å². The van der Waals surface area contributed by atoms with Crippen molar-refractivity contribution in [1.82, 2.24) is 0 Å². The summed E-state index contributed by atoms with van der Waals surface area (Å²) < 4.78 is 5.62. The molecule has 0 atom stereocenters. The molecule has 0 aromatic carbocycles. The zero-order valence-electron chi connectivity index (χ0n) is 19.9. The molecule has 0 spiro atoms. The molecular weight excluding hydrogens is 429 g/mol. The fraction of sp³-hybridized carbons (Fsp3) is 0.619. The predicted molar refractivity (Wildman–Crippen MR) is 135 cm³/mol. The minimum absolute atomic E-state index is 0. The van der Waals surface area contributed by atoms with Crippen LogP contribution in [-0.2, 0) is 21.7 Å². The van der Waals surface area contributed by atoms with E-state index >= 15 is 0 Å².